The van der Waals surface area contributed by atoms with Gasteiger partial charge in [-0.3, -0.25) is 14.2 Å². The summed E-state index contributed by atoms with van der Waals surface area (Å²) >= 11 is 0. The Balaban J connectivity index is 2.35. The maximum Gasteiger partial charge on any atom is 0.265 e. The Morgan fingerprint density at radius 1 is 1.19 bits per heavy atom. The number of rotatable bonds is 4. The number of carbonyl (C=O) groups is 1. The van der Waals surface area contributed by atoms with Crippen LogP contribution < -0.4 is 4.72 Å². The molecule has 0 saturated carbocycles. The van der Waals surface area contributed by atoms with Gasteiger partial charge in [0.05, 0.1) is 11.4 Å². The molecule has 21 heavy (non-hydrogen) atoms. The van der Waals surface area contributed by atoms with Crippen molar-refractivity contribution < 1.29 is 13.2 Å². The third kappa shape index (κ3) is 2.97. The SMILES string of the molecule is CC(=O)c1ccc(NS(=O)(=O)c2c(C)nn(C)c2C)cc1. The summed E-state index contributed by atoms with van der Waals surface area (Å²) in [7, 11) is -2.01. The van der Waals surface area contributed by atoms with Crippen LogP contribution in [0.2, 0.25) is 0 Å². The Morgan fingerprint density at radius 3 is 2.19 bits per heavy atom. The fourth-order valence-corrected chi connectivity index (χ4v) is 3.62. The third-order valence-corrected chi connectivity index (χ3v) is 4.89. The van der Waals surface area contributed by atoms with Crippen molar-refractivity contribution >= 4 is 21.5 Å². The highest BCUT2D eigenvalue weighted by Gasteiger charge is 2.23. The van der Waals surface area contributed by atoms with Crippen LogP contribution in [0.1, 0.15) is 28.7 Å². The molecule has 0 atom stereocenters. The zero-order chi connectivity index (χ0) is 15.8. The predicted octanol–water partition coefficient (Wildman–Crippen LogP) is 2.04. The Hall–Kier alpha value is -2.15. The van der Waals surface area contributed by atoms with Crippen LogP contribution in [-0.4, -0.2) is 24.0 Å². The van der Waals surface area contributed by atoms with E-state index in [2.05, 4.69) is 9.82 Å². The molecule has 0 unspecified atom stereocenters. The van der Waals surface area contributed by atoms with Gasteiger partial charge in [-0.05, 0) is 45.0 Å². The summed E-state index contributed by atoms with van der Waals surface area (Å²) in [4.78, 5) is 11.4. The maximum atomic E-state index is 12.4. The summed E-state index contributed by atoms with van der Waals surface area (Å²) in [5, 5.41) is 4.11. The fraction of sp³-hybridized carbons (Fsp3) is 0.286. The molecule has 1 aromatic heterocycles. The number of aromatic nitrogens is 2. The lowest BCUT2D eigenvalue weighted by molar-refractivity contribution is 0.101. The van der Waals surface area contributed by atoms with Gasteiger partial charge in [0.1, 0.15) is 4.90 Å². The molecule has 0 bridgehead atoms. The van der Waals surface area contributed by atoms with Crippen molar-refractivity contribution in [2.75, 3.05) is 4.72 Å². The molecule has 0 amide bonds. The van der Waals surface area contributed by atoms with Crippen molar-refractivity contribution in [3.05, 3.63) is 41.2 Å². The Bertz CT molecular complexity index is 790. The second-order valence-corrected chi connectivity index (χ2v) is 6.48. The lowest BCUT2D eigenvalue weighted by atomic mass is 10.1. The summed E-state index contributed by atoms with van der Waals surface area (Å²) in [5.74, 6) is -0.0663. The lowest BCUT2D eigenvalue weighted by Gasteiger charge is -2.08. The zero-order valence-corrected chi connectivity index (χ0v) is 13.2. The number of sulfonamides is 1. The largest absolute Gasteiger partial charge is 0.295 e. The van der Waals surface area contributed by atoms with E-state index in [0.717, 1.165) is 0 Å². The monoisotopic (exact) mass is 307 g/mol. The van der Waals surface area contributed by atoms with E-state index >= 15 is 0 Å². The molecule has 2 aromatic rings. The number of nitrogens with zero attached hydrogens (tertiary/aromatic N) is 2. The van der Waals surface area contributed by atoms with E-state index in [1.54, 1.807) is 45.2 Å². The van der Waals surface area contributed by atoms with Crippen LogP contribution in [0, 0.1) is 13.8 Å². The van der Waals surface area contributed by atoms with Gasteiger partial charge in [-0.1, -0.05) is 0 Å². The first kappa shape index (κ1) is 15.2. The number of aryl methyl sites for hydroxylation is 2. The molecule has 0 saturated heterocycles. The van der Waals surface area contributed by atoms with Crippen LogP contribution in [0.3, 0.4) is 0 Å². The van der Waals surface area contributed by atoms with Crippen molar-refractivity contribution in [1.29, 1.82) is 0 Å². The molecule has 7 heteroatoms. The van der Waals surface area contributed by atoms with E-state index in [-0.39, 0.29) is 10.7 Å². The summed E-state index contributed by atoms with van der Waals surface area (Å²) < 4.78 is 28.9. The number of ketones is 1. The minimum absolute atomic E-state index is 0.0663. The highest BCUT2D eigenvalue weighted by molar-refractivity contribution is 7.92. The van der Waals surface area contributed by atoms with Gasteiger partial charge in [0.25, 0.3) is 10.0 Å². The third-order valence-electron chi connectivity index (χ3n) is 3.25. The standard InChI is InChI=1S/C14H17N3O3S/c1-9-14(10(2)17(4)15-9)21(19,20)16-13-7-5-12(6-8-13)11(3)18/h5-8,16H,1-4H3. The van der Waals surface area contributed by atoms with Crippen molar-refractivity contribution in [1.82, 2.24) is 9.78 Å². The number of anilines is 1. The molecule has 1 heterocycles. The van der Waals surface area contributed by atoms with E-state index in [1.807, 2.05) is 0 Å². The van der Waals surface area contributed by atoms with Crippen LogP contribution in [0.5, 0.6) is 0 Å². The molecule has 0 aliphatic rings. The second kappa shape index (κ2) is 5.33. The molecule has 0 aliphatic heterocycles. The normalized spacial score (nSPS) is 11.4. The Morgan fingerprint density at radius 2 is 1.76 bits per heavy atom. The van der Waals surface area contributed by atoms with Crippen molar-refractivity contribution in [3.63, 3.8) is 0 Å². The molecule has 1 N–H and O–H groups in total. The van der Waals surface area contributed by atoms with Gasteiger partial charge >= 0.3 is 0 Å². The van der Waals surface area contributed by atoms with E-state index < -0.39 is 10.0 Å². The summed E-state index contributed by atoms with van der Waals surface area (Å²) in [6, 6.07) is 6.30. The Labute approximate surface area is 123 Å². The molecule has 6 nitrogen and oxygen atoms in total. The Kier molecular flexibility index (Phi) is 3.87. The highest BCUT2D eigenvalue weighted by atomic mass is 32.2. The van der Waals surface area contributed by atoms with Gasteiger partial charge in [0.2, 0.25) is 0 Å². The van der Waals surface area contributed by atoms with Gasteiger partial charge in [-0.25, -0.2) is 8.42 Å². The lowest BCUT2D eigenvalue weighted by Crippen LogP contribution is -2.15. The molecular weight excluding hydrogens is 290 g/mol. The summed E-state index contributed by atoms with van der Waals surface area (Å²) in [5.41, 5.74) is 1.96. The smallest absolute Gasteiger partial charge is 0.265 e. The van der Waals surface area contributed by atoms with E-state index in [1.165, 1.54) is 11.6 Å². The van der Waals surface area contributed by atoms with Gasteiger partial charge in [0.15, 0.2) is 5.78 Å². The molecule has 112 valence electrons. The molecule has 0 radical (unpaired) electrons. The van der Waals surface area contributed by atoms with Crippen molar-refractivity contribution in [2.24, 2.45) is 7.05 Å². The predicted molar refractivity (Wildman–Crippen MR) is 79.9 cm³/mol. The van der Waals surface area contributed by atoms with Crippen LogP contribution in [0.15, 0.2) is 29.2 Å². The first-order chi connectivity index (χ1) is 9.72. The average molecular weight is 307 g/mol. The molecule has 0 fully saturated rings. The second-order valence-electron chi connectivity index (χ2n) is 4.86. The van der Waals surface area contributed by atoms with E-state index in [0.29, 0.717) is 22.6 Å². The van der Waals surface area contributed by atoms with Gasteiger partial charge in [0, 0.05) is 18.3 Å². The van der Waals surface area contributed by atoms with E-state index in [9.17, 15) is 13.2 Å². The van der Waals surface area contributed by atoms with Gasteiger partial charge in [-0.15, -0.1) is 0 Å². The first-order valence-electron chi connectivity index (χ1n) is 6.36. The topological polar surface area (TPSA) is 81.1 Å². The van der Waals surface area contributed by atoms with Crippen LogP contribution in [0.25, 0.3) is 0 Å². The van der Waals surface area contributed by atoms with Crippen molar-refractivity contribution in [3.8, 4) is 0 Å². The fourth-order valence-electron chi connectivity index (χ4n) is 2.12. The average Bonchev–Trinajstić information content (AvgIpc) is 2.63. The number of hydrogen-bond acceptors (Lipinski definition) is 4. The van der Waals surface area contributed by atoms with E-state index in [4.69, 9.17) is 0 Å². The number of Topliss-reactive ketones (excluding diaryl/α,β-unsaturated/α-hetero) is 1. The quantitative estimate of drug-likeness (QED) is 0.876. The number of nitrogens with one attached hydrogen (secondary N) is 1. The molecule has 2 rings (SSSR count). The first-order valence-corrected chi connectivity index (χ1v) is 7.84. The van der Waals surface area contributed by atoms with Gasteiger partial charge < -0.3 is 0 Å². The molecular formula is C14H17N3O3S. The number of benzene rings is 1. The minimum Gasteiger partial charge on any atom is -0.295 e. The van der Waals surface area contributed by atoms with Crippen molar-refractivity contribution in [2.45, 2.75) is 25.7 Å². The molecule has 1 aromatic carbocycles. The van der Waals surface area contributed by atoms with Gasteiger partial charge in [-0.2, -0.15) is 5.10 Å². The minimum atomic E-state index is -3.71. The highest BCUT2D eigenvalue weighted by Crippen LogP contribution is 2.22. The van der Waals surface area contributed by atoms with Crippen LogP contribution >= 0.6 is 0 Å². The molecule has 0 aliphatic carbocycles. The van der Waals surface area contributed by atoms with Crippen LogP contribution in [-0.2, 0) is 17.1 Å². The van der Waals surface area contributed by atoms with Crippen LogP contribution in [0.4, 0.5) is 5.69 Å². The number of carbonyl (C=O) groups excluding carboxylic acids is 1. The maximum absolute atomic E-state index is 12.4. The zero-order valence-electron chi connectivity index (χ0n) is 12.3. The summed E-state index contributed by atoms with van der Waals surface area (Å²) in [6.07, 6.45) is 0. The number of hydrogen-bond donors (Lipinski definition) is 1. The summed E-state index contributed by atoms with van der Waals surface area (Å²) in [6.45, 7) is 4.81. The molecule has 0 spiro atoms.